The van der Waals surface area contributed by atoms with Crippen molar-refractivity contribution in [1.29, 1.82) is 0 Å². The third kappa shape index (κ3) is 6.28. The Kier molecular flexibility index (Phi) is 8.58. The Hall–Kier alpha value is -3.87. The maximum Gasteiger partial charge on any atom is 0.225 e. The number of benzene rings is 3. The highest BCUT2D eigenvalue weighted by Crippen LogP contribution is 2.31. The van der Waals surface area contributed by atoms with Crippen molar-refractivity contribution in [3.05, 3.63) is 84.3 Å². The second-order valence-corrected chi connectivity index (χ2v) is 9.81. The number of nitrogens with one attached hydrogen (secondary N) is 1. The summed E-state index contributed by atoms with van der Waals surface area (Å²) in [5.74, 6) is 1.03. The van der Waals surface area contributed by atoms with Crippen LogP contribution in [0.25, 0.3) is 16.6 Å². The van der Waals surface area contributed by atoms with E-state index in [9.17, 15) is 9.18 Å². The third-order valence-corrected chi connectivity index (χ3v) is 6.10. The van der Waals surface area contributed by atoms with Crippen LogP contribution in [-0.2, 0) is 4.79 Å². The largest absolute Gasteiger partial charge is 0.497 e. The lowest BCUT2D eigenvalue weighted by Gasteiger charge is -2.31. The molecule has 37 heavy (non-hydrogen) atoms. The summed E-state index contributed by atoms with van der Waals surface area (Å²) in [6.07, 6.45) is 1.99. The first-order chi connectivity index (χ1) is 17.2. The minimum atomic E-state index is -0.528. The molecule has 0 bridgehead atoms. The van der Waals surface area contributed by atoms with E-state index in [-0.39, 0.29) is 25.2 Å². The molecule has 0 saturated heterocycles. The van der Waals surface area contributed by atoms with Crippen molar-refractivity contribution >= 4 is 16.8 Å². The van der Waals surface area contributed by atoms with Gasteiger partial charge in [0.05, 0.1) is 30.6 Å². The molecule has 4 rings (SSSR count). The van der Waals surface area contributed by atoms with Gasteiger partial charge in [0.1, 0.15) is 23.4 Å². The van der Waals surface area contributed by atoms with Crippen molar-refractivity contribution in [3.63, 3.8) is 0 Å². The van der Waals surface area contributed by atoms with E-state index in [0.29, 0.717) is 17.9 Å². The van der Waals surface area contributed by atoms with E-state index in [1.807, 2.05) is 70.2 Å². The standard InChI is InChI=1S/C29H32FN3O3.CH4/c1-6-25(32-28(34)29(2,3)4)27(19-8-7-9-23(16-19)35-5)36-24-14-15-26-20(17-24)18-31-33(26)22-12-10-21(30)11-13-22;/h7-18,25,27H,6H2,1-5H3,(H,32,34);1H4/t25-,27+;/m0./s1. The molecule has 0 aliphatic heterocycles. The first kappa shape index (κ1) is 27.7. The van der Waals surface area contributed by atoms with Crippen molar-refractivity contribution in [2.75, 3.05) is 7.11 Å². The number of nitrogens with zero attached hydrogens (tertiary/aromatic N) is 2. The van der Waals surface area contributed by atoms with Gasteiger partial charge in [0.15, 0.2) is 0 Å². The van der Waals surface area contributed by atoms with E-state index in [1.54, 1.807) is 30.1 Å². The minimum Gasteiger partial charge on any atom is -0.497 e. The highest BCUT2D eigenvalue weighted by molar-refractivity contribution is 5.82. The molecule has 1 N–H and O–H groups in total. The number of halogens is 1. The number of fused-ring (bicyclic) bond motifs is 1. The Morgan fingerprint density at radius 1 is 1.05 bits per heavy atom. The maximum atomic E-state index is 13.4. The molecule has 0 unspecified atom stereocenters. The molecule has 7 heteroatoms. The number of aromatic nitrogens is 2. The first-order valence-corrected chi connectivity index (χ1v) is 12.0. The van der Waals surface area contributed by atoms with E-state index in [0.717, 1.165) is 22.2 Å². The highest BCUT2D eigenvalue weighted by Gasteiger charge is 2.30. The van der Waals surface area contributed by atoms with Crippen LogP contribution in [0, 0.1) is 11.2 Å². The molecule has 2 atom stereocenters. The fourth-order valence-electron chi connectivity index (χ4n) is 4.00. The number of rotatable bonds is 8. The lowest BCUT2D eigenvalue weighted by atomic mass is 9.93. The average Bonchev–Trinajstić information content (AvgIpc) is 3.29. The molecule has 0 fully saturated rings. The fourth-order valence-corrected chi connectivity index (χ4v) is 4.00. The van der Waals surface area contributed by atoms with Gasteiger partial charge in [0.25, 0.3) is 0 Å². The average molecular weight is 506 g/mol. The summed E-state index contributed by atoms with van der Waals surface area (Å²) in [7, 11) is 1.63. The molecule has 1 aromatic heterocycles. The molecule has 196 valence electrons. The quantitative estimate of drug-likeness (QED) is 0.284. The Bertz CT molecular complexity index is 1340. The van der Waals surface area contributed by atoms with Crippen LogP contribution >= 0.6 is 0 Å². The molecule has 1 amide bonds. The third-order valence-electron chi connectivity index (χ3n) is 6.10. The van der Waals surface area contributed by atoms with Crippen molar-refractivity contribution in [1.82, 2.24) is 15.1 Å². The van der Waals surface area contributed by atoms with E-state index >= 15 is 0 Å². The molecular weight excluding hydrogens is 469 g/mol. The lowest BCUT2D eigenvalue weighted by Crippen LogP contribution is -2.45. The Morgan fingerprint density at radius 3 is 2.43 bits per heavy atom. The van der Waals surface area contributed by atoms with Crippen LogP contribution in [0.15, 0.2) is 72.9 Å². The van der Waals surface area contributed by atoms with Gasteiger partial charge in [0, 0.05) is 10.8 Å². The predicted octanol–water partition coefficient (Wildman–Crippen LogP) is 6.87. The smallest absolute Gasteiger partial charge is 0.225 e. The second-order valence-electron chi connectivity index (χ2n) is 9.81. The topological polar surface area (TPSA) is 65.4 Å². The summed E-state index contributed by atoms with van der Waals surface area (Å²) >= 11 is 0. The number of hydrogen-bond donors (Lipinski definition) is 1. The first-order valence-electron chi connectivity index (χ1n) is 12.0. The lowest BCUT2D eigenvalue weighted by molar-refractivity contribution is -0.130. The van der Waals surface area contributed by atoms with Crippen molar-refractivity contribution in [3.8, 4) is 17.2 Å². The Labute approximate surface area is 218 Å². The molecule has 6 nitrogen and oxygen atoms in total. The molecule has 0 aliphatic carbocycles. The van der Waals surface area contributed by atoms with Gasteiger partial charge in [-0.15, -0.1) is 0 Å². The number of amides is 1. The van der Waals surface area contributed by atoms with Gasteiger partial charge in [-0.3, -0.25) is 4.79 Å². The van der Waals surface area contributed by atoms with Gasteiger partial charge in [-0.05, 0) is 66.6 Å². The fraction of sp³-hybridized carbons (Fsp3) is 0.333. The number of carbonyl (C=O) groups excluding carboxylic acids is 1. The number of hydrogen-bond acceptors (Lipinski definition) is 4. The summed E-state index contributed by atoms with van der Waals surface area (Å²) in [6, 6.07) is 19.4. The molecule has 0 aliphatic rings. The molecule has 0 saturated carbocycles. The number of ether oxygens (including phenoxy) is 2. The van der Waals surface area contributed by atoms with Crippen LogP contribution in [0.4, 0.5) is 4.39 Å². The number of methoxy groups -OCH3 is 1. The van der Waals surface area contributed by atoms with Crippen LogP contribution in [0.1, 0.15) is 53.2 Å². The maximum absolute atomic E-state index is 13.4. The van der Waals surface area contributed by atoms with Crippen LogP contribution in [-0.4, -0.2) is 28.8 Å². The highest BCUT2D eigenvalue weighted by atomic mass is 19.1. The summed E-state index contributed by atoms with van der Waals surface area (Å²) in [5, 5.41) is 8.54. The SMILES string of the molecule is C.CC[C@H](NC(=O)C(C)(C)C)[C@H](Oc1ccc2c(cnn2-c2ccc(F)cc2)c1)c1cccc(OC)c1. The molecule has 3 aromatic carbocycles. The number of carbonyl (C=O) groups is 1. The summed E-state index contributed by atoms with van der Waals surface area (Å²) in [6.45, 7) is 7.70. The Morgan fingerprint density at radius 2 is 1.78 bits per heavy atom. The van der Waals surface area contributed by atoms with Crippen molar-refractivity contribution < 1.29 is 18.7 Å². The zero-order chi connectivity index (χ0) is 25.9. The van der Waals surface area contributed by atoms with E-state index in [2.05, 4.69) is 10.4 Å². The normalized spacial score (nSPS) is 12.9. The molecule has 0 radical (unpaired) electrons. The molecule has 4 aromatic rings. The second kappa shape index (κ2) is 11.5. The summed E-state index contributed by atoms with van der Waals surface area (Å²) < 4.78 is 27.1. The summed E-state index contributed by atoms with van der Waals surface area (Å²) in [5.41, 5.74) is 2.02. The molecule has 0 spiro atoms. The Balaban J connectivity index is 0.00000380. The monoisotopic (exact) mass is 505 g/mol. The van der Waals surface area contributed by atoms with Gasteiger partial charge in [-0.25, -0.2) is 9.07 Å². The van der Waals surface area contributed by atoms with Crippen molar-refractivity contribution in [2.45, 2.75) is 53.7 Å². The zero-order valence-electron chi connectivity index (χ0n) is 21.3. The van der Waals surface area contributed by atoms with Crippen LogP contribution < -0.4 is 14.8 Å². The molecule has 1 heterocycles. The van der Waals surface area contributed by atoms with E-state index in [4.69, 9.17) is 9.47 Å². The van der Waals surface area contributed by atoms with Gasteiger partial charge in [-0.1, -0.05) is 47.3 Å². The zero-order valence-corrected chi connectivity index (χ0v) is 21.3. The van der Waals surface area contributed by atoms with Gasteiger partial charge in [-0.2, -0.15) is 5.10 Å². The summed E-state index contributed by atoms with van der Waals surface area (Å²) in [4.78, 5) is 12.9. The van der Waals surface area contributed by atoms with Crippen LogP contribution in [0.3, 0.4) is 0 Å². The van der Waals surface area contributed by atoms with Gasteiger partial charge in [0.2, 0.25) is 5.91 Å². The van der Waals surface area contributed by atoms with Gasteiger partial charge < -0.3 is 14.8 Å². The van der Waals surface area contributed by atoms with E-state index in [1.165, 1.54) is 12.1 Å². The minimum absolute atomic E-state index is 0. The van der Waals surface area contributed by atoms with E-state index < -0.39 is 11.5 Å². The predicted molar refractivity (Wildman–Crippen MR) is 146 cm³/mol. The molecular formula is C30H36FN3O3. The van der Waals surface area contributed by atoms with Crippen molar-refractivity contribution in [2.24, 2.45) is 5.41 Å². The van der Waals surface area contributed by atoms with Crippen LogP contribution in [0.2, 0.25) is 0 Å². The van der Waals surface area contributed by atoms with Gasteiger partial charge >= 0.3 is 0 Å². The van der Waals surface area contributed by atoms with Crippen LogP contribution in [0.5, 0.6) is 11.5 Å².